The molecule has 0 amide bonds. The molecular weight excluding hydrogens is 320 g/mol. The Labute approximate surface area is 159 Å². The van der Waals surface area contributed by atoms with Crippen molar-refractivity contribution in [2.24, 2.45) is 17.8 Å². The van der Waals surface area contributed by atoms with E-state index in [0.717, 1.165) is 24.2 Å². The van der Waals surface area contributed by atoms with Crippen LogP contribution in [0.2, 0.25) is 0 Å². The summed E-state index contributed by atoms with van der Waals surface area (Å²) in [4.78, 5) is 13.7. The third-order valence-corrected chi connectivity index (χ3v) is 6.99. The molecule has 0 aromatic carbocycles. The van der Waals surface area contributed by atoms with Crippen molar-refractivity contribution in [2.45, 2.75) is 71.3 Å². The topological polar surface area (TPSA) is 35.2 Å². The number of hydrogen-bond acceptors (Lipinski definition) is 3. The average molecular weight is 359 g/mol. The molecule has 0 radical (unpaired) electrons. The summed E-state index contributed by atoms with van der Waals surface area (Å²) in [6.07, 6.45) is 13.1. The number of rotatable bonds is 5. The molecule has 4 nitrogen and oxygen atoms in total. The van der Waals surface area contributed by atoms with Crippen molar-refractivity contribution < 1.29 is 0 Å². The first-order valence-corrected chi connectivity index (χ1v) is 11.2. The van der Waals surface area contributed by atoms with Gasteiger partial charge in [-0.3, -0.25) is 4.90 Å². The van der Waals surface area contributed by atoms with E-state index >= 15 is 0 Å². The fraction of sp³-hybridized carbons (Fsp3) is 0.864. The SMILES string of the molecule is CC(C)CN1CCc2[nH]cnc2C1C1CCN(CC2CCCCC2)CC1. The van der Waals surface area contributed by atoms with E-state index in [-0.39, 0.29) is 0 Å². The third-order valence-electron chi connectivity index (χ3n) is 6.99. The number of likely N-dealkylation sites (tertiary alicyclic amines) is 1. The summed E-state index contributed by atoms with van der Waals surface area (Å²) in [6, 6.07) is 0.546. The smallest absolute Gasteiger partial charge is 0.0925 e. The Morgan fingerprint density at radius 1 is 1.08 bits per heavy atom. The van der Waals surface area contributed by atoms with Crippen molar-refractivity contribution >= 4 is 0 Å². The van der Waals surface area contributed by atoms with Gasteiger partial charge in [-0.2, -0.15) is 0 Å². The number of H-pyrrole nitrogens is 1. The largest absolute Gasteiger partial charge is 0.348 e. The van der Waals surface area contributed by atoms with Crippen LogP contribution < -0.4 is 0 Å². The lowest BCUT2D eigenvalue weighted by atomic mass is 9.82. The molecule has 1 unspecified atom stereocenters. The maximum atomic E-state index is 4.77. The molecule has 2 fully saturated rings. The fourth-order valence-electron chi connectivity index (χ4n) is 5.74. The molecule has 1 N–H and O–H groups in total. The van der Waals surface area contributed by atoms with Crippen molar-refractivity contribution in [1.82, 2.24) is 19.8 Å². The van der Waals surface area contributed by atoms with Gasteiger partial charge in [0.1, 0.15) is 0 Å². The molecule has 1 saturated carbocycles. The average Bonchev–Trinajstić information content (AvgIpc) is 3.12. The first kappa shape index (κ1) is 18.5. The van der Waals surface area contributed by atoms with Crippen LogP contribution in [0.5, 0.6) is 0 Å². The van der Waals surface area contributed by atoms with Gasteiger partial charge in [-0.15, -0.1) is 0 Å². The number of nitrogens with zero attached hydrogens (tertiary/aromatic N) is 3. The first-order chi connectivity index (χ1) is 12.7. The summed E-state index contributed by atoms with van der Waals surface area (Å²) in [5, 5.41) is 0. The van der Waals surface area contributed by atoms with Crippen LogP contribution in [0.15, 0.2) is 6.33 Å². The zero-order chi connectivity index (χ0) is 17.9. The van der Waals surface area contributed by atoms with E-state index in [9.17, 15) is 0 Å². The Bertz CT molecular complexity index is 552. The number of hydrogen-bond donors (Lipinski definition) is 1. The summed E-state index contributed by atoms with van der Waals surface area (Å²) >= 11 is 0. The number of fused-ring (bicyclic) bond motifs is 1. The Morgan fingerprint density at radius 2 is 1.85 bits per heavy atom. The van der Waals surface area contributed by atoms with Crippen LogP contribution in [0.3, 0.4) is 0 Å². The predicted molar refractivity (Wildman–Crippen MR) is 107 cm³/mol. The molecule has 1 aliphatic carbocycles. The molecule has 3 aliphatic rings. The second-order valence-electron chi connectivity index (χ2n) is 9.49. The zero-order valence-corrected chi connectivity index (χ0v) is 16.9. The summed E-state index contributed by atoms with van der Waals surface area (Å²) in [6.45, 7) is 11.1. The molecule has 146 valence electrons. The van der Waals surface area contributed by atoms with Gasteiger partial charge in [-0.25, -0.2) is 4.98 Å². The molecule has 26 heavy (non-hydrogen) atoms. The van der Waals surface area contributed by atoms with Gasteiger partial charge in [0.2, 0.25) is 0 Å². The number of piperidine rings is 1. The van der Waals surface area contributed by atoms with Gasteiger partial charge in [0.25, 0.3) is 0 Å². The van der Waals surface area contributed by atoms with Crippen LogP contribution in [0.25, 0.3) is 0 Å². The normalized spacial score (nSPS) is 27.1. The molecule has 2 aliphatic heterocycles. The minimum absolute atomic E-state index is 0.546. The van der Waals surface area contributed by atoms with Gasteiger partial charge in [-0.1, -0.05) is 33.1 Å². The van der Waals surface area contributed by atoms with Crippen LogP contribution in [0, 0.1) is 17.8 Å². The van der Waals surface area contributed by atoms with Gasteiger partial charge in [0.15, 0.2) is 0 Å². The van der Waals surface area contributed by atoms with Crippen LogP contribution in [-0.4, -0.2) is 52.5 Å². The first-order valence-electron chi connectivity index (χ1n) is 11.2. The Hall–Kier alpha value is -0.870. The lowest BCUT2D eigenvalue weighted by Gasteiger charge is -2.44. The molecule has 4 rings (SSSR count). The Morgan fingerprint density at radius 3 is 2.58 bits per heavy atom. The Kier molecular flexibility index (Phi) is 6.00. The van der Waals surface area contributed by atoms with E-state index in [1.54, 1.807) is 0 Å². The summed E-state index contributed by atoms with van der Waals surface area (Å²) in [7, 11) is 0. The highest BCUT2D eigenvalue weighted by molar-refractivity contribution is 5.21. The minimum Gasteiger partial charge on any atom is -0.348 e. The minimum atomic E-state index is 0.546. The molecular formula is C22H38N4. The zero-order valence-electron chi connectivity index (χ0n) is 16.9. The van der Waals surface area contributed by atoms with Crippen molar-refractivity contribution in [3.05, 3.63) is 17.7 Å². The number of aromatic amines is 1. The van der Waals surface area contributed by atoms with Crippen molar-refractivity contribution in [3.8, 4) is 0 Å². The number of nitrogens with one attached hydrogen (secondary N) is 1. The van der Waals surface area contributed by atoms with Gasteiger partial charge in [0.05, 0.1) is 18.1 Å². The second kappa shape index (κ2) is 8.43. The summed E-state index contributed by atoms with van der Waals surface area (Å²) < 4.78 is 0. The maximum absolute atomic E-state index is 4.77. The highest BCUT2D eigenvalue weighted by atomic mass is 15.2. The van der Waals surface area contributed by atoms with E-state index in [0.29, 0.717) is 6.04 Å². The maximum Gasteiger partial charge on any atom is 0.0925 e. The number of aromatic nitrogens is 2. The molecule has 1 aromatic heterocycles. The second-order valence-corrected chi connectivity index (χ2v) is 9.49. The van der Waals surface area contributed by atoms with E-state index in [1.807, 2.05) is 6.33 Å². The monoisotopic (exact) mass is 358 g/mol. The van der Waals surface area contributed by atoms with Crippen LogP contribution in [-0.2, 0) is 6.42 Å². The van der Waals surface area contributed by atoms with Crippen molar-refractivity contribution in [2.75, 3.05) is 32.7 Å². The lowest BCUT2D eigenvalue weighted by Crippen LogP contribution is -2.45. The summed E-state index contributed by atoms with van der Waals surface area (Å²) in [5.41, 5.74) is 2.77. The van der Waals surface area contributed by atoms with Gasteiger partial charge in [-0.05, 0) is 56.5 Å². The summed E-state index contributed by atoms with van der Waals surface area (Å²) in [5.74, 6) is 2.48. The van der Waals surface area contributed by atoms with E-state index in [2.05, 4.69) is 28.6 Å². The Balaban J connectivity index is 1.38. The molecule has 4 heteroatoms. The fourth-order valence-corrected chi connectivity index (χ4v) is 5.74. The molecule has 1 saturated heterocycles. The van der Waals surface area contributed by atoms with Crippen LogP contribution in [0.4, 0.5) is 0 Å². The molecule has 0 spiro atoms. The van der Waals surface area contributed by atoms with E-state index < -0.39 is 0 Å². The molecule has 3 heterocycles. The van der Waals surface area contributed by atoms with Crippen molar-refractivity contribution in [1.29, 1.82) is 0 Å². The molecule has 0 bridgehead atoms. The lowest BCUT2D eigenvalue weighted by molar-refractivity contribution is 0.0615. The van der Waals surface area contributed by atoms with E-state index in [1.165, 1.54) is 89.1 Å². The third kappa shape index (κ3) is 4.17. The quantitative estimate of drug-likeness (QED) is 0.854. The van der Waals surface area contributed by atoms with Gasteiger partial charge >= 0.3 is 0 Å². The highest BCUT2D eigenvalue weighted by Crippen LogP contribution is 2.39. The predicted octanol–water partition coefficient (Wildman–Crippen LogP) is 4.26. The van der Waals surface area contributed by atoms with E-state index in [4.69, 9.17) is 4.98 Å². The van der Waals surface area contributed by atoms with Crippen molar-refractivity contribution in [3.63, 3.8) is 0 Å². The van der Waals surface area contributed by atoms with Crippen LogP contribution >= 0.6 is 0 Å². The van der Waals surface area contributed by atoms with Crippen LogP contribution in [0.1, 0.15) is 76.2 Å². The number of imidazole rings is 1. The molecule has 1 aromatic rings. The van der Waals surface area contributed by atoms with Gasteiger partial charge < -0.3 is 9.88 Å². The molecule has 1 atom stereocenters. The van der Waals surface area contributed by atoms with Gasteiger partial charge in [0, 0.05) is 31.7 Å². The standard InChI is InChI=1S/C22H38N4/c1-17(2)14-26-13-10-20-21(24-16-23-20)22(26)19-8-11-25(12-9-19)15-18-6-4-3-5-7-18/h16-19,22H,3-15H2,1-2H3,(H,23,24). The highest BCUT2D eigenvalue weighted by Gasteiger charge is 2.37.